The SMILES string of the molecule is CCCC1(CCC)C=NCCCCCCCCC1. The molecule has 0 amide bonds. The Labute approximate surface area is 114 Å². The van der Waals surface area contributed by atoms with Crippen molar-refractivity contribution in [2.24, 2.45) is 10.4 Å². The Morgan fingerprint density at radius 1 is 0.833 bits per heavy atom. The van der Waals surface area contributed by atoms with Gasteiger partial charge in [-0.2, -0.15) is 0 Å². The average molecular weight is 251 g/mol. The van der Waals surface area contributed by atoms with Gasteiger partial charge in [0.25, 0.3) is 0 Å². The number of nitrogens with zero attached hydrogens (tertiary/aromatic N) is 1. The van der Waals surface area contributed by atoms with Crippen LogP contribution in [0, 0.1) is 5.41 Å². The Bertz CT molecular complexity index is 214. The van der Waals surface area contributed by atoms with Crippen molar-refractivity contribution in [1.29, 1.82) is 0 Å². The highest BCUT2D eigenvalue weighted by molar-refractivity contribution is 5.65. The molecule has 1 rings (SSSR count). The second kappa shape index (κ2) is 9.58. The van der Waals surface area contributed by atoms with Crippen LogP contribution in [0.1, 0.15) is 90.9 Å². The zero-order valence-corrected chi connectivity index (χ0v) is 12.7. The maximum Gasteiger partial charge on any atom is 0.0385 e. The van der Waals surface area contributed by atoms with E-state index in [-0.39, 0.29) is 0 Å². The summed E-state index contributed by atoms with van der Waals surface area (Å²) in [5, 5.41) is 0. The first-order valence-electron chi connectivity index (χ1n) is 8.34. The smallest absolute Gasteiger partial charge is 0.0385 e. The summed E-state index contributed by atoms with van der Waals surface area (Å²) in [5.74, 6) is 0. The molecular formula is C17H33N. The lowest BCUT2D eigenvalue weighted by Crippen LogP contribution is -2.23. The molecular weight excluding hydrogens is 218 g/mol. The number of hydrogen-bond acceptors (Lipinski definition) is 1. The topological polar surface area (TPSA) is 12.4 Å². The van der Waals surface area contributed by atoms with Crippen LogP contribution in [0.2, 0.25) is 0 Å². The fourth-order valence-electron chi connectivity index (χ4n) is 3.39. The van der Waals surface area contributed by atoms with E-state index in [1.54, 1.807) is 0 Å². The summed E-state index contributed by atoms with van der Waals surface area (Å²) in [5.41, 5.74) is 0.433. The van der Waals surface area contributed by atoms with Gasteiger partial charge in [-0.3, -0.25) is 4.99 Å². The summed E-state index contributed by atoms with van der Waals surface area (Å²) in [7, 11) is 0. The minimum absolute atomic E-state index is 0.433. The van der Waals surface area contributed by atoms with Crippen LogP contribution in [-0.2, 0) is 0 Å². The van der Waals surface area contributed by atoms with Crippen LogP contribution < -0.4 is 0 Å². The second-order valence-corrected chi connectivity index (χ2v) is 6.12. The van der Waals surface area contributed by atoms with E-state index in [0.717, 1.165) is 6.54 Å². The summed E-state index contributed by atoms with van der Waals surface area (Å²) in [6.07, 6.45) is 18.8. The lowest BCUT2D eigenvalue weighted by atomic mass is 9.76. The van der Waals surface area contributed by atoms with Gasteiger partial charge in [-0.25, -0.2) is 0 Å². The largest absolute Gasteiger partial charge is 0.297 e. The van der Waals surface area contributed by atoms with E-state index in [0.29, 0.717) is 5.41 Å². The first-order valence-corrected chi connectivity index (χ1v) is 8.34. The van der Waals surface area contributed by atoms with Crippen molar-refractivity contribution in [2.75, 3.05) is 6.54 Å². The van der Waals surface area contributed by atoms with Crippen LogP contribution in [0.5, 0.6) is 0 Å². The molecule has 0 spiro atoms. The van der Waals surface area contributed by atoms with Crippen molar-refractivity contribution in [2.45, 2.75) is 90.9 Å². The van der Waals surface area contributed by atoms with E-state index in [1.165, 1.54) is 77.0 Å². The number of hydrogen-bond donors (Lipinski definition) is 0. The van der Waals surface area contributed by atoms with E-state index in [4.69, 9.17) is 4.99 Å². The highest BCUT2D eigenvalue weighted by Gasteiger charge is 2.25. The molecule has 0 radical (unpaired) electrons. The molecule has 0 aromatic carbocycles. The second-order valence-electron chi connectivity index (χ2n) is 6.12. The summed E-state index contributed by atoms with van der Waals surface area (Å²) in [6, 6.07) is 0. The molecule has 0 saturated heterocycles. The average Bonchev–Trinajstić information content (AvgIpc) is 2.34. The predicted octanol–water partition coefficient (Wildman–Crippen LogP) is 5.78. The first-order chi connectivity index (χ1) is 8.83. The molecule has 1 aliphatic rings. The molecule has 1 heterocycles. The molecule has 0 N–H and O–H groups in total. The molecule has 106 valence electrons. The summed E-state index contributed by atoms with van der Waals surface area (Å²) >= 11 is 0. The molecule has 0 fully saturated rings. The van der Waals surface area contributed by atoms with E-state index in [9.17, 15) is 0 Å². The zero-order valence-electron chi connectivity index (χ0n) is 12.7. The van der Waals surface area contributed by atoms with E-state index in [2.05, 4.69) is 20.1 Å². The van der Waals surface area contributed by atoms with Gasteiger partial charge in [-0.15, -0.1) is 0 Å². The molecule has 0 aliphatic carbocycles. The van der Waals surface area contributed by atoms with Crippen LogP contribution in [0.15, 0.2) is 4.99 Å². The standard InChI is InChI=1S/C17H33N/c1-3-12-17(13-4-2)14-10-8-6-5-7-9-11-15-18-16-17/h16H,3-15H2,1-2H3. The Kier molecular flexibility index (Phi) is 8.37. The number of aliphatic imine (C=N–C) groups is 1. The highest BCUT2D eigenvalue weighted by Crippen LogP contribution is 2.34. The molecule has 0 saturated carbocycles. The van der Waals surface area contributed by atoms with Crippen LogP contribution >= 0.6 is 0 Å². The van der Waals surface area contributed by atoms with Crippen molar-refractivity contribution >= 4 is 6.21 Å². The summed E-state index contributed by atoms with van der Waals surface area (Å²) in [6.45, 7) is 5.71. The third kappa shape index (κ3) is 6.02. The van der Waals surface area contributed by atoms with Crippen molar-refractivity contribution in [1.82, 2.24) is 0 Å². The molecule has 0 aromatic rings. The number of rotatable bonds is 4. The molecule has 0 atom stereocenters. The summed E-state index contributed by atoms with van der Waals surface area (Å²) < 4.78 is 0. The minimum Gasteiger partial charge on any atom is -0.297 e. The van der Waals surface area contributed by atoms with Gasteiger partial charge in [-0.1, -0.05) is 65.2 Å². The highest BCUT2D eigenvalue weighted by atomic mass is 14.7. The Balaban J connectivity index is 2.62. The third-order valence-corrected chi connectivity index (χ3v) is 4.32. The van der Waals surface area contributed by atoms with Crippen molar-refractivity contribution in [3.05, 3.63) is 0 Å². The third-order valence-electron chi connectivity index (χ3n) is 4.32. The van der Waals surface area contributed by atoms with E-state index in [1.807, 2.05) is 0 Å². The van der Waals surface area contributed by atoms with Gasteiger partial charge in [-0.05, 0) is 25.7 Å². The van der Waals surface area contributed by atoms with Gasteiger partial charge >= 0.3 is 0 Å². The van der Waals surface area contributed by atoms with Gasteiger partial charge < -0.3 is 0 Å². The van der Waals surface area contributed by atoms with Gasteiger partial charge in [0.05, 0.1) is 0 Å². The van der Waals surface area contributed by atoms with Crippen molar-refractivity contribution in [3.63, 3.8) is 0 Å². The molecule has 18 heavy (non-hydrogen) atoms. The molecule has 0 unspecified atom stereocenters. The quantitative estimate of drug-likeness (QED) is 0.600. The Hall–Kier alpha value is -0.330. The van der Waals surface area contributed by atoms with Gasteiger partial charge in [0.15, 0.2) is 0 Å². The fourth-order valence-corrected chi connectivity index (χ4v) is 3.39. The zero-order chi connectivity index (χ0) is 13.1. The maximum atomic E-state index is 4.77. The van der Waals surface area contributed by atoms with Crippen LogP contribution in [0.25, 0.3) is 0 Å². The van der Waals surface area contributed by atoms with Gasteiger partial charge in [0.1, 0.15) is 0 Å². The molecule has 1 aliphatic heterocycles. The molecule has 1 heteroatoms. The lowest BCUT2D eigenvalue weighted by Gasteiger charge is -2.30. The predicted molar refractivity (Wildman–Crippen MR) is 82.5 cm³/mol. The fraction of sp³-hybridized carbons (Fsp3) is 0.941. The van der Waals surface area contributed by atoms with E-state index >= 15 is 0 Å². The van der Waals surface area contributed by atoms with Crippen molar-refractivity contribution < 1.29 is 0 Å². The first kappa shape index (κ1) is 15.7. The van der Waals surface area contributed by atoms with E-state index < -0.39 is 0 Å². The Morgan fingerprint density at radius 3 is 2.00 bits per heavy atom. The molecule has 0 bridgehead atoms. The van der Waals surface area contributed by atoms with Crippen LogP contribution in [0.3, 0.4) is 0 Å². The van der Waals surface area contributed by atoms with Crippen molar-refractivity contribution in [3.8, 4) is 0 Å². The Morgan fingerprint density at radius 2 is 1.39 bits per heavy atom. The van der Waals surface area contributed by atoms with Gasteiger partial charge in [0, 0.05) is 18.2 Å². The summed E-state index contributed by atoms with van der Waals surface area (Å²) in [4.78, 5) is 4.77. The van der Waals surface area contributed by atoms with Crippen LogP contribution in [0.4, 0.5) is 0 Å². The minimum atomic E-state index is 0.433. The van der Waals surface area contributed by atoms with Crippen LogP contribution in [-0.4, -0.2) is 12.8 Å². The maximum absolute atomic E-state index is 4.77. The lowest BCUT2D eigenvalue weighted by molar-refractivity contribution is 0.314. The molecule has 0 aromatic heterocycles. The van der Waals surface area contributed by atoms with Gasteiger partial charge in [0.2, 0.25) is 0 Å². The normalized spacial score (nSPS) is 22.1. The monoisotopic (exact) mass is 251 g/mol. The molecule has 1 nitrogen and oxygen atoms in total.